The standard InChI is InChI=1S/C20H29F4N3/c21-18-13-17(27-11-8-15(9-12-27)20(22,23)24)5-6-19(18)26-10-7-14-1-3-16(25)4-2-14/h5-6,13-16,26H,1-4,7-12,25H2/t14-,16-. The molecule has 1 aromatic carbocycles. The molecule has 0 aromatic heterocycles. The predicted molar refractivity (Wildman–Crippen MR) is 100 cm³/mol. The quantitative estimate of drug-likeness (QED) is 0.705. The molecule has 1 aliphatic carbocycles. The fourth-order valence-electron chi connectivity index (χ4n) is 4.20. The molecule has 2 fully saturated rings. The zero-order valence-corrected chi connectivity index (χ0v) is 15.6. The van der Waals surface area contributed by atoms with E-state index in [0.717, 1.165) is 32.1 Å². The molecular formula is C20H29F4N3. The maximum absolute atomic E-state index is 14.4. The minimum absolute atomic E-state index is 0.0656. The summed E-state index contributed by atoms with van der Waals surface area (Å²) in [4.78, 5) is 1.83. The first-order valence-electron chi connectivity index (χ1n) is 9.93. The Balaban J connectivity index is 1.48. The van der Waals surface area contributed by atoms with Crippen molar-refractivity contribution in [2.45, 2.75) is 57.2 Å². The SMILES string of the molecule is N[C@H]1CC[C@H](CCNc2ccc(N3CCC(C(F)(F)F)CC3)cc2F)CC1. The van der Waals surface area contributed by atoms with Gasteiger partial charge in [0, 0.05) is 31.4 Å². The lowest BCUT2D eigenvalue weighted by molar-refractivity contribution is -0.179. The summed E-state index contributed by atoms with van der Waals surface area (Å²) in [6.07, 6.45) is 1.41. The third kappa shape index (κ3) is 5.50. The van der Waals surface area contributed by atoms with Gasteiger partial charge in [0.1, 0.15) is 5.82 Å². The van der Waals surface area contributed by atoms with E-state index >= 15 is 0 Å². The molecule has 3 rings (SSSR count). The van der Waals surface area contributed by atoms with Crippen molar-refractivity contribution in [3.63, 3.8) is 0 Å². The van der Waals surface area contributed by atoms with Crippen LogP contribution in [0.3, 0.4) is 0 Å². The van der Waals surface area contributed by atoms with Gasteiger partial charge in [0.25, 0.3) is 0 Å². The first-order chi connectivity index (χ1) is 12.8. The van der Waals surface area contributed by atoms with E-state index in [9.17, 15) is 17.6 Å². The minimum atomic E-state index is -4.13. The first kappa shape index (κ1) is 20.2. The summed E-state index contributed by atoms with van der Waals surface area (Å²) in [6.45, 7) is 1.33. The predicted octanol–water partition coefficient (Wildman–Crippen LogP) is 4.92. The van der Waals surface area contributed by atoms with E-state index in [-0.39, 0.29) is 18.7 Å². The van der Waals surface area contributed by atoms with Gasteiger partial charge in [-0.25, -0.2) is 4.39 Å². The minimum Gasteiger partial charge on any atom is -0.383 e. The summed E-state index contributed by atoms with van der Waals surface area (Å²) in [6, 6.07) is 5.24. The van der Waals surface area contributed by atoms with E-state index < -0.39 is 12.1 Å². The normalized spacial score (nSPS) is 24.9. The van der Waals surface area contributed by atoms with Crippen molar-refractivity contribution in [2.24, 2.45) is 17.6 Å². The van der Waals surface area contributed by atoms with Crippen LogP contribution in [0.4, 0.5) is 28.9 Å². The van der Waals surface area contributed by atoms with Crippen LogP contribution in [-0.2, 0) is 0 Å². The summed E-state index contributed by atoms with van der Waals surface area (Å²) in [5, 5.41) is 3.16. The van der Waals surface area contributed by atoms with Crippen molar-refractivity contribution in [1.82, 2.24) is 0 Å². The lowest BCUT2D eigenvalue weighted by Crippen LogP contribution is -2.39. The molecule has 0 spiro atoms. The number of nitrogens with one attached hydrogen (secondary N) is 1. The van der Waals surface area contributed by atoms with Crippen LogP contribution in [0, 0.1) is 17.7 Å². The number of piperidine rings is 1. The number of alkyl halides is 3. The van der Waals surface area contributed by atoms with Crippen LogP contribution in [0.5, 0.6) is 0 Å². The molecule has 0 amide bonds. The molecule has 3 N–H and O–H groups in total. The highest BCUT2D eigenvalue weighted by atomic mass is 19.4. The highest BCUT2D eigenvalue weighted by molar-refractivity contribution is 5.56. The molecule has 0 radical (unpaired) electrons. The Bertz CT molecular complexity index is 604. The lowest BCUT2D eigenvalue weighted by atomic mass is 9.84. The van der Waals surface area contributed by atoms with Gasteiger partial charge in [0.15, 0.2) is 0 Å². The van der Waals surface area contributed by atoms with Gasteiger partial charge in [-0.3, -0.25) is 0 Å². The van der Waals surface area contributed by atoms with Crippen LogP contribution in [0.1, 0.15) is 44.9 Å². The number of halogens is 4. The van der Waals surface area contributed by atoms with Crippen molar-refractivity contribution < 1.29 is 17.6 Å². The molecule has 0 bridgehead atoms. The molecule has 1 heterocycles. The van der Waals surface area contributed by atoms with Gasteiger partial charge >= 0.3 is 6.18 Å². The number of hydrogen-bond donors (Lipinski definition) is 2. The van der Waals surface area contributed by atoms with Gasteiger partial charge in [0.2, 0.25) is 0 Å². The lowest BCUT2D eigenvalue weighted by Gasteiger charge is -2.34. The molecular weight excluding hydrogens is 358 g/mol. The molecule has 1 aliphatic heterocycles. The molecule has 1 saturated heterocycles. The number of anilines is 2. The summed E-state index contributed by atoms with van der Waals surface area (Å²) >= 11 is 0. The van der Waals surface area contributed by atoms with Crippen LogP contribution in [0.15, 0.2) is 18.2 Å². The fraction of sp³-hybridized carbons (Fsp3) is 0.700. The summed E-state index contributed by atoms with van der Waals surface area (Å²) in [5.41, 5.74) is 7.02. The van der Waals surface area contributed by atoms with Gasteiger partial charge in [-0.1, -0.05) is 0 Å². The van der Waals surface area contributed by atoms with Crippen molar-refractivity contribution >= 4 is 11.4 Å². The molecule has 27 heavy (non-hydrogen) atoms. The van der Waals surface area contributed by atoms with Crippen LogP contribution < -0.4 is 16.0 Å². The number of hydrogen-bond acceptors (Lipinski definition) is 3. The van der Waals surface area contributed by atoms with Gasteiger partial charge in [-0.15, -0.1) is 0 Å². The van der Waals surface area contributed by atoms with E-state index in [1.165, 1.54) is 6.07 Å². The number of benzene rings is 1. The van der Waals surface area contributed by atoms with E-state index in [1.807, 2.05) is 4.90 Å². The molecule has 7 heteroatoms. The fourth-order valence-corrected chi connectivity index (χ4v) is 4.20. The monoisotopic (exact) mass is 387 g/mol. The second-order valence-corrected chi connectivity index (χ2v) is 7.96. The van der Waals surface area contributed by atoms with Crippen LogP contribution in [-0.4, -0.2) is 31.9 Å². The van der Waals surface area contributed by atoms with E-state index in [4.69, 9.17) is 5.73 Å². The maximum Gasteiger partial charge on any atom is 0.391 e. The largest absolute Gasteiger partial charge is 0.391 e. The maximum atomic E-state index is 14.4. The van der Waals surface area contributed by atoms with Gasteiger partial charge in [-0.2, -0.15) is 13.2 Å². The molecule has 2 aliphatic rings. The van der Waals surface area contributed by atoms with Gasteiger partial charge < -0.3 is 16.0 Å². The average Bonchev–Trinajstić information content (AvgIpc) is 2.64. The summed E-state index contributed by atoms with van der Waals surface area (Å²) in [7, 11) is 0. The number of nitrogens with zero attached hydrogens (tertiary/aromatic N) is 1. The molecule has 152 valence electrons. The topological polar surface area (TPSA) is 41.3 Å². The molecule has 0 unspecified atom stereocenters. The van der Waals surface area contributed by atoms with Crippen LogP contribution in [0.25, 0.3) is 0 Å². The van der Waals surface area contributed by atoms with Crippen molar-refractivity contribution in [2.75, 3.05) is 29.9 Å². The summed E-state index contributed by atoms with van der Waals surface area (Å²) < 4.78 is 52.7. The number of nitrogens with two attached hydrogens (primary N) is 1. The highest BCUT2D eigenvalue weighted by Crippen LogP contribution is 2.36. The highest BCUT2D eigenvalue weighted by Gasteiger charge is 2.41. The average molecular weight is 387 g/mol. The number of rotatable bonds is 5. The zero-order valence-electron chi connectivity index (χ0n) is 15.6. The molecule has 0 atom stereocenters. The van der Waals surface area contributed by atoms with Crippen molar-refractivity contribution in [3.8, 4) is 0 Å². The van der Waals surface area contributed by atoms with E-state index in [1.54, 1.807) is 12.1 Å². The Morgan fingerprint density at radius 3 is 2.30 bits per heavy atom. The van der Waals surface area contributed by atoms with E-state index in [2.05, 4.69) is 5.32 Å². The molecule has 3 nitrogen and oxygen atoms in total. The molecule has 1 aromatic rings. The van der Waals surface area contributed by atoms with Crippen molar-refractivity contribution in [3.05, 3.63) is 24.0 Å². The smallest absolute Gasteiger partial charge is 0.383 e. The Labute approximate surface area is 158 Å². The second kappa shape index (κ2) is 8.67. The van der Waals surface area contributed by atoms with Crippen molar-refractivity contribution in [1.29, 1.82) is 0 Å². The van der Waals surface area contributed by atoms with Gasteiger partial charge in [0.05, 0.1) is 11.6 Å². The Hall–Kier alpha value is -1.50. The Kier molecular flexibility index (Phi) is 6.50. The Morgan fingerprint density at radius 1 is 1.04 bits per heavy atom. The van der Waals surface area contributed by atoms with Crippen LogP contribution in [0.2, 0.25) is 0 Å². The third-order valence-electron chi connectivity index (χ3n) is 6.04. The third-order valence-corrected chi connectivity index (χ3v) is 6.04. The van der Waals surface area contributed by atoms with Gasteiger partial charge in [-0.05, 0) is 69.1 Å². The summed E-state index contributed by atoms with van der Waals surface area (Å²) in [5.74, 6) is -0.945. The van der Waals surface area contributed by atoms with Crippen LogP contribution >= 0.6 is 0 Å². The molecule has 1 saturated carbocycles. The zero-order chi connectivity index (χ0) is 19.4. The Morgan fingerprint density at radius 2 is 1.70 bits per heavy atom. The first-order valence-corrected chi connectivity index (χ1v) is 9.93. The second-order valence-electron chi connectivity index (χ2n) is 7.96. The van der Waals surface area contributed by atoms with E-state index in [0.29, 0.717) is 43.0 Å².